The molecule has 3 N–H and O–H groups in total. The number of alkyl carbamates (subject to hydrolysis) is 1. The maximum atomic E-state index is 11.4. The fourth-order valence-corrected chi connectivity index (χ4v) is 1.34. The molecule has 0 aliphatic carbocycles. The number of anilines is 1. The van der Waals surface area contributed by atoms with Gasteiger partial charge in [0.2, 0.25) is 0 Å². The highest BCUT2D eigenvalue weighted by atomic mass is 16.6. The lowest BCUT2D eigenvalue weighted by Gasteiger charge is -2.18. The number of amides is 2. The van der Waals surface area contributed by atoms with Crippen LogP contribution in [0.25, 0.3) is 0 Å². The Hall–Kier alpha value is -2.68. The second kappa shape index (κ2) is 7.20. The Kier molecular flexibility index (Phi) is 5.61. The minimum atomic E-state index is -1.12. The van der Waals surface area contributed by atoms with Crippen LogP contribution in [-0.4, -0.2) is 29.4 Å². The number of nitrogens with one attached hydrogen (secondary N) is 2. The number of benzene rings is 1. The fourth-order valence-electron chi connectivity index (χ4n) is 1.34. The highest BCUT2D eigenvalue weighted by molar-refractivity contribution is 5.82. The molecule has 1 aromatic carbocycles. The first-order valence-corrected chi connectivity index (χ1v) is 6.32. The van der Waals surface area contributed by atoms with Crippen molar-refractivity contribution in [1.82, 2.24) is 5.32 Å². The summed E-state index contributed by atoms with van der Waals surface area (Å²) in [5.41, 5.74) is 0.654. The first-order valence-electron chi connectivity index (χ1n) is 6.32. The van der Waals surface area contributed by atoms with E-state index in [0.717, 1.165) is 5.56 Å². The second-order valence-corrected chi connectivity index (χ2v) is 5.16. The van der Waals surface area contributed by atoms with Gasteiger partial charge in [-0.3, -0.25) is 5.32 Å². The highest BCUT2D eigenvalue weighted by Crippen LogP contribution is 2.08. The van der Waals surface area contributed by atoms with Crippen molar-refractivity contribution in [2.24, 2.45) is 0 Å². The van der Waals surface area contributed by atoms with Crippen LogP contribution in [0.15, 0.2) is 24.3 Å². The van der Waals surface area contributed by atoms with Crippen molar-refractivity contribution in [3.05, 3.63) is 29.8 Å². The number of carboxylic acid groups (broad SMARTS) is 1. The molecule has 0 aliphatic rings. The summed E-state index contributed by atoms with van der Waals surface area (Å²) in [7, 11) is 0. The molecule has 0 heterocycles. The largest absolute Gasteiger partial charge is 0.465 e. The van der Waals surface area contributed by atoms with Crippen LogP contribution < -0.4 is 10.6 Å². The maximum Gasteiger partial charge on any atom is 0.409 e. The molecular weight excluding hydrogens is 272 g/mol. The third-order valence-electron chi connectivity index (χ3n) is 2.09. The standard InChI is InChI=1S/C15H18N2O4/c1-15(2,3)21-14(20)16-10-4-5-11-6-8-12(9-7-11)17-13(18)19/h6-9,17H,10H2,1-3H3,(H,16,20)(H,18,19). The molecule has 2 amide bonds. The van der Waals surface area contributed by atoms with Crippen molar-refractivity contribution >= 4 is 17.9 Å². The third-order valence-corrected chi connectivity index (χ3v) is 2.09. The van der Waals surface area contributed by atoms with Gasteiger partial charge in [-0.1, -0.05) is 11.8 Å². The molecule has 112 valence electrons. The molecule has 0 saturated carbocycles. The van der Waals surface area contributed by atoms with Crippen molar-refractivity contribution < 1.29 is 19.4 Å². The Morgan fingerprint density at radius 2 is 1.86 bits per heavy atom. The normalized spacial score (nSPS) is 10.0. The van der Waals surface area contributed by atoms with Crippen LogP contribution in [0.5, 0.6) is 0 Å². The van der Waals surface area contributed by atoms with Gasteiger partial charge in [-0.2, -0.15) is 0 Å². The average molecular weight is 290 g/mol. The summed E-state index contributed by atoms with van der Waals surface area (Å²) in [6.07, 6.45) is -1.63. The van der Waals surface area contributed by atoms with E-state index in [2.05, 4.69) is 22.5 Å². The van der Waals surface area contributed by atoms with Crippen molar-refractivity contribution in [1.29, 1.82) is 0 Å². The first-order chi connectivity index (χ1) is 9.76. The summed E-state index contributed by atoms with van der Waals surface area (Å²) in [4.78, 5) is 21.8. The van der Waals surface area contributed by atoms with Crippen LogP contribution in [0, 0.1) is 11.8 Å². The van der Waals surface area contributed by atoms with E-state index in [4.69, 9.17) is 9.84 Å². The summed E-state index contributed by atoms with van der Waals surface area (Å²) in [5.74, 6) is 5.63. The summed E-state index contributed by atoms with van der Waals surface area (Å²) < 4.78 is 5.06. The van der Waals surface area contributed by atoms with E-state index >= 15 is 0 Å². The average Bonchev–Trinajstić information content (AvgIpc) is 2.34. The van der Waals surface area contributed by atoms with Crippen LogP contribution in [0.3, 0.4) is 0 Å². The summed E-state index contributed by atoms with van der Waals surface area (Å²) >= 11 is 0. The van der Waals surface area contributed by atoms with Crippen LogP contribution in [0.1, 0.15) is 26.3 Å². The predicted octanol–water partition coefficient (Wildman–Crippen LogP) is 2.65. The van der Waals surface area contributed by atoms with E-state index in [-0.39, 0.29) is 6.54 Å². The van der Waals surface area contributed by atoms with E-state index in [9.17, 15) is 9.59 Å². The van der Waals surface area contributed by atoms with Gasteiger partial charge in [-0.15, -0.1) is 0 Å². The highest BCUT2D eigenvalue weighted by Gasteiger charge is 2.14. The molecule has 0 aromatic heterocycles. The molecule has 6 nitrogen and oxygen atoms in total. The van der Waals surface area contributed by atoms with Crippen molar-refractivity contribution in [3.8, 4) is 11.8 Å². The number of carbonyl (C=O) groups is 2. The minimum absolute atomic E-state index is 0.171. The molecule has 0 unspecified atom stereocenters. The number of hydrogen-bond donors (Lipinski definition) is 3. The van der Waals surface area contributed by atoms with E-state index in [1.807, 2.05) is 0 Å². The quantitative estimate of drug-likeness (QED) is 0.731. The molecule has 0 atom stereocenters. The summed E-state index contributed by atoms with van der Waals surface area (Å²) in [5, 5.41) is 13.3. The molecule has 6 heteroatoms. The molecule has 21 heavy (non-hydrogen) atoms. The van der Waals surface area contributed by atoms with E-state index in [0.29, 0.717) is 5.69 Å². The summed E-state index contributed by atoms with van der Waals surface area (Å²) in [6.45, 7) is 5.52. The molecule has 1 aromatic rings. The van der Waals surface area contributed by atoms with Gasteiger partial charge in [0.15, 0.2) is 0 Å². The maximum absolute atomic E-state index is 11.4. The van der Waals surface area contributed by atoms with Gasteiger partial charge in [0.25, 0.3) is 0 Å². The van der Waals surface area contributed by atoms with Gasteiger partial charge in [-0.25, -0.2) is 9.59 Å². The molecule has 0 spiro atoms. The molecule has 0 radical (unpaired) electrons. The lowest BCUT2D eigenvalue weighted by molar-refractivity contribution is 0.0535. The Balaban J connectivity index is 2.45. The fraction of sp³-hybridized carbons (Fsp3) is 0.333. The number of carbonyl (C=O) groups excluding carboxylic acids is 1. The Morgan fingerprint density at radius 1 is 1.24 bits per heavy atom. The van der Waals surface area contributed by atoms with Crippen molar-refractivity contribution in [2.75, 3.05) is 11.9 Å². The Labute approximate surface area is 123 Å². The van der Waals surface area contributed by atoms with Crippen molar-refractivity contribution in [2.45, 2.75) is 26.4 Å². The Bertz CT molecular complexity index is 562. The minimum Gasteiger partial charge on any atom is -0.465 e. The van der Waals surface area contributed by atoms with Gasteiger partial charge in [-0.05, 0) is 45.0 Å². The van der Waals surface area contributed by atoms with Gasteiger partial charge >= 0.3 is 12.2 Å². The first kappa shape index (κ1) is 16.4. The molecular formula is C15H18N2O4. The van der Waals surface area contributed by atoms with E-state index in [1.54, 1.807) is 45.0 Å². The van der Waals surface area contributed by atoms with Gasteiger partial charge < -0.3 is 15.2 Å². The van der Waals surface area contributed by atoms with Crippen molar-refractivity contribution in [3.63, 3.8) is 0 Å². The van der Waals surface area contributed by atoms with Crippen LogP contribution >= 0.6 is 0 Å². The lowest BCUT2D eigenvalue weighted by Crippen LogP contribution is -2.32. The predicted molar refractivity (Wildman–Crippen MR) is 79.2 cm³/mol. The van der Waals surface area contributed by atoms with Crippen LogP contribution in [0.4, 0.5) is 15.3 Å². The third kappa shape index (κ3) is 7.47. The number of hydrogen-bond acceptors (Lipinski definition) is 3. The smallest absolute Gasteiger partial charge is 0.409 e. The zero-order valence-electron chi connectivity index (χ0n) is 12.2. The topological polar surface area (TPSA) is 87.7 Å². The van der Waals surface area contributed by atoms with Gasteiger partial charge in [0.1, 0.15) is 5.60 Å². The van der Waals surface area contributed by atoms with Gasteiger partial charge in [0.05, 0.1) is 6.54 Å². The SMILES string of the molecule is CC(C)(C)OC(=O)NCC#Cc1ccc(NC(=O)O)cc1. The zero-order chi connectivity index (χ0) is 15.9. The Morgan fingerprint density at radius 3 is 2.38 bits per heavy atom. The number of ether oxygens (including phenoxy) is 1. The molecule has 0 bridgehead atoms. The van der Waals surface area contributed by atoms with Gasteiger partial charge in [0, 0.05) is 11.3 Å². The molecule has 0 fully saturated rings. The number of rotatable bonds is 2. The second-order valence-electron chi connectivity index (χ2n) is 5.16. The molecule has 0 saturated heterocycles. The zero-order valence-corrected chi connectivity index (χ0v) is 12.2. The van der Waals surface area contributed by atoms with Crippen LogP contribution in [-0.2, 0) is 4.74 Å². The van der Waals surface area contributed by atoms with Crippen LogP contribution in [0.2, 0.25) is 0 Å². The lowest BCUT2D eigenvalue weighted by atomic mass is 10.2. The van der Waals surface area contributed by atoms with E-state index < -0.39 is 17.8 Å². The van der Waals surface area contributed by atoms with E-state index in [1.165, 1.54) is 0 Å². The molecule has 1 rings (SSSR count). The molecule has 0 aliphatic heterocycles. The monoisotopic (exact) mass is 290 g/mol. The summed E-state index contributed by atoms with van der Waals surface area (Å²) in [6, 6.07) is 6.59.